The number of ether oxygens (including phenoxy) is 1. The number of thioether (sulfide) groups is 1. The zero-order chi connectivity index (χ0) is 14.9. The van der Waals surface area contributed by atoms with Gasteiger partial charge in [-0.2, -0.15) is 11.8 Å². The minimum atomic E-state index is 0.196. The number of nitrogens with zero attached hydrogens (tertiary/aromatic N) is 2. The molecule has 3 saturated heterocycles. The molecule has 122 valence electrons. The van der Waals surface area contributed by atoms with Crippen LogP contribution in [0, 0.1) is 5.92 Å². The maximum Gasteiger partial charge on any atom is 0.0783 e. The Labute approximate surface area is 134 Å². The molecule has 21 heavy (non-hydrogen) atoms. The largest absolute Gasteiger partial charge is 0.374 e. The average molecular weight is 314 g/mol. The van der Waals surface area contributed by atoms with Gasteiger partial charge in [0.15, 0.2) is 0 Å². The molecule has 4 nitrogen and oxygen atoms in total. The SMILES string of the molecule is CNC(C1CCOC2(CCSC2)C1)C1CN(C)CCN1C. The van der Waals surface area contributed by atoms with E-state index in [4.69, 9.17) is 4.74 Å². The zero-order valence-electron chi connectivity index (χ0n) is 13.8. The number of rotatable bonds is 3. The van der Waals surface area contributed by atoms with E-state index in [1.165, 1.54) is 50.4 Å². The summed E-state index contributed by atoms with van der Waals surface area (Å²) in [5.41, 5.74) is 0.196. The second kappa shape index (κ2) is 6.75. The van der Waals surface area contributed by atoms with Gasteiger partial charge in [-0.05, 0) is 52.1 Å². The number of piperazine rings is 1. The van der Waals surface area contributed by atoms with Gasteiger partial charge in [-0.3, -0.25) is 4.90 Å². The van der Waals surface area contributed by atoms with Crippen LogP contribution in [0.3, 0.4) is 0 Å². The number of hydrogen-bond donors (Lipinski definition) is 1. The van der Waals surface area contributed by atoms with Crippen molar-refractivity contribution >= 4 is 11.8 Å². The van der Waals surface area contributed by atoms with Gasteiger partial charge in [0.1, 0.15) is 0 Å². The van der Waals surface area contributed by atoms with Crippen LogP contribution in [-0.2, 0) is 4.74 Å². The van der Waals surface area contributed by atoms with E-state index in [2.05, 4.69) is 48.0 Å². The van der Waals surface area contributed by atoms with Crippen molar-refractivity contribution in [3.63, 3.8) is 0 Å². The lowest BCUT2D eigenvalue weighted by molar-refractivity contribution is -0.0912. The van der Waals surface area contributed by atoms with Gasteiger partial charge in [0.25, 0.3) is 0 Å². The average Bonchev–Trinajstić information content (AvgIpc) is 2.91. The van der Waals surface area contributed by atoms with Crippen LogP contribution in [0.1, 0.15) is 19.3 Å². The third-order valence-electron chi connectivity index (χ3n) is 5.75. The number of hydrogen-bond acceptors (Lipinski definition) is 5. The molecule has 0 bridgehead atoms. The molecule has 0 aromatic carbocycles. The van der Waals surface area contributed by atoms with E-state index in [0.29, 0.717) is 12.1 Å². The predicted octanol–water partition coefficient (Wildman–Crippen LogP) is 1.12. The van der Waals surface area contributed by atoms with Gasteiger partial charge in [-0.25, -0.2) is 0 Å². The summed E-state index contributed by atoms with van der Waals surface area (Å²) in [5, 5.41) is 3.67. The molecule has 0 aliphatic carbocycles. The molecule has 4 atom stereocenters. The van der Waals surface area contributed by atoms with Crippen LogP contribution in [0.2, 0.25) is 0 Å². The van der Waals surface area contributed by atoms with E-state index in [-0.39, 0.29) is 5.60 Å². The Kier molecular flexibility index (Phi) is 5.16. The van der Waals surface area contributed by atoms with Crippen molar-refractivity contribution in [3.8, 4) is 0 Å². The highest BCUT2D eigenvalue weighted by Crippen LogP contribution is 2.42. The van der Waals surface area contributed by atoms with Crippen molar-refractivity contribution in [1.82, 2.24) is 15.1 Å². The molecular weight excluding hydrogens is 282 g/mol. The van der Waals surface area contributed by atoms with Gasteiger partial charge >= 0.3 is 0 Å². The van der Waals surface area contributed by atoms with E-state index < -0.39 is 0 Å². The lowest BCUT2D eigenvalue weighted by Crippen LogP contribution is -2.61. The Balaban J connectivity index is 1.69. The maximum atomic E-state index is 6.21. The van der Waals surface area contributed by atoms with Gasteiger partial charge in [0, 0.05) is 44.1 Å². The van der Waals surface area contributed by atoms with Gasteiger partial charge in [0.05, 0.1) is 5.60 Å². The second-order valence-corrected chi connectivity index (χ2v) is 8.32. The lowest BCUT2D eigenvalue weighted by Gasteiger charge is -2.47. The first-order valence-electron chi connectivity index (χ1n) is 8.41. The summed E-state index contributed by atoms with van der Waals surface area (Å²) in [4.78, 5) is 5.04. The van der Waals surface area contributed by atoms with Crippen LogP contribution < -0.4 is 5.32 Å². The molecule has 0 aromatic rings. The van der Waals surface area contributed by atoms with Crippen LogP contribution >= 0.6 is 11.8 Å². The fourth-order valence-corrected chi connectivity index (χ4v) is 5.79. The van der Waals surface area contributed by atoms with Crippen LogP contribution in [0.15, 0.2) is 0 Å². The van der Waals surface area contributed by atoms with Crippen molar-refractivity contribution in [3.05, 3.63) is 0 Å². The lowest BCUT2D eigenvalue weighted by atomic mass is 9.78. The molecule has 4 unspecified atom stereocenters. The molecule has 3 rings (SSSR count). The van der Waals surface area contributed by atoms with Crippen LogP contribution in [0.5, 0.6) is 0 Å². The quantitative estimate of drug-likeness (QED) is 0.843. The molecule has 0 saturated carbocycles. The Hall–Kier alpha value is 0.190. The molecule has 1 spiro atoms. The Morgan fingerprint density at radius 3 is 2.90 bits per heavy atom. The molecule has 0 radical (unpaired) electrons. The van der Waals surface area contributed by atoms with Crippen LogP contribution in [-0.4, -0.2) is 86.4 Å². The Morgan fingerprint density at radius 2 is 2.19 bits per heavy atom. The van der Waals surface area contributed by atoms with Crippen molar-refractivity contribution in [1.29, 1.82) is 0 Å². The van der Waals surface area contributed by atoms with E-state index in [1.807, 2.05) is 0 Å². The summed E-state index contributed by atoms with van der Waals surface area (Å²) in [6.07, 6.45) is 3.72. The summed E-state index contributed by atoms with van der Waals surface area (Å²) < 4.78 is 6.21. The summed E-state index contributed by atoms with van der Waals surface area (Å²) in [7, 11) is 6.70. The third kappa shape index (κ3) is 3.42. The standard InChI is InChI=1S/C16H31N3OS/c1-17-15(14-11-18(2)6-7-19(14)3)13-4-8-20-16(10-13)5-9-21-12-16/h13-15,17H,4-12H2,1-3H3. The summed E-state index contributed by atoms with van der Waals surface area (Å²) >= 11 is 2.07. The summed E-state index contributed by atoms with van der Waals surface area (Å²) in [5.74, 6) is 3.24. The molecule has 0 amide bonds. The first kappa shape index (κ1) is 16.1. The summed E-state index contributed by atoms with van der Waals surface area (Å²) in [6.45, 7) is 4.51. The molecular formula is C16H31N3OS. The zero-order valence-corrected chi connectivity index (χ0v) is 14.6. The van der Waals surface area contributed by atoms with Crippen molar-refractivity contribution in [2.75, 3.05) is 58.9 Å². The van der Waals surface area contributed by atoms with E-state index in [9.17, 15) is 0 Å². The summed E-state index contributed by atoms with van der Waals surface area (Å²) in [6, 6.07) is 1.21. The molecule has 3 fully saturated rings. The van der Waals surface area contributed by atoms with E-state index in [0.717, 1.165) is 12.5 Å². The predicted molar refractivity (Wildman–Crippen MR) is 90.1 cm³/mol. The smallest absolute Gasteiger partial charge is 0.0783 e. The first-order chi connectivity index (χ1) is 10.1. The number of likely N-dealkylation sites (N-methyl/N-ethyl adjacent to an activating group) is 3. The van der Waals surface area contributed by atoms with Crippen molar-refractivity contribution in [2.45, 2.75) is 36.9 Å². The van der Waals surface area contributed by atoms with E-state index >= 15 is 0 Å². The molecule has 3 aliphatic rings. The minimum absolute atomic E-state index is 0.196. The highest BCUT2D eigenvalue weighted by Gasteiger charge is 2.44. The van der Waals surface area contributed by atoms with Crippen LogP contribution in [0.25, 0.3) is 0 Å². The van der Waals surface area contributed by atoms with Gasteiger partial charge < -0.3 is 15.0 Å². The van der Waals surface area contributed by atoms with Crippen LogP contribution in [0.4, 0.5) is 0 Å². The third-order valence-corrected chi connectivity index (χ3v) is 6.98. The molecule has 1 N–H and O–H groups in total. The molecule has 3 aliphatic heterocycles. The first-order valence-corrected chi connectivity index (χ1v) is 9.57. The normalized spacial score (nSPS) is 40.7. The fourth-order valence-electron chi connectivity index (χ4n) is 4.41. The molecule has 3 heterocycles. The second-order valence-electron chi connectivity index (χ2n) is 7.21. The van der Waals surface area contributed by atoms with Gasteiger partial charge in [0.2, 0.25) is 0 Å². The monoisotopic (exact) mass is 313 g/mol. The maximum absolute atomic E-state index is 6.21. The van der Waals surface area contributed by atoms with E-state index in [1.54, 1.807) is 0 Å². The topological polar surface area (TPSA) is 27.7 Å². The number of nitrogens with one attached hydrogen (secondary N) is 1. The highest BCUT2D eigenvalue weighted by atomic mass is 32.2. The molecule has 0 aromatic heterocycles. The fraction of sp³-hybridized carbons (Fsp3) is 1.00. The highest BCUT2D eigenvalue weighted by molar-refractivity contribution is 7.99. The molecule has 5 heteroatoms. The van der Waals surface area contributed by atoms with Gasteiger partial charge in [-0.1, -0.05) is 0 Å². The van der Waals surface area contributed by atoms with Gasteiger partial charge in [-0.15, -0.1) is 0 Å². The van der Waals surface area contributed by atoms with Crippen molar-refractivity contribution in [2.24, 2.45) is 5.92 Å². The van der Waals surface area contributed by atoms with Crippen molar-refractivity contribution < 1.29 is 4.74 Å². The Bertz CT molecular complexity index is 348. The Morgan fingerprint density at radius 1 is 1.33 bits per heavy atom. The minimum Gasteiger partial charge on any atom is -0.374 e.